The molecule has 10 nitrogen and oxygen atoms in total. The lowest BCUT2D eigenvalue weighted by atomic mass is 10.4. The summed E-state index contributed by atoms with van der Waals surface area (Å²) in [5, 5.41) is 8.83. The van der Waals surface area contributed by atoms with Gasteiger partial charge in [0.25, 0.3) is 5.56 Å². The van der Waals surface area contributed by atoms with Gasteiger partial charge in [0.15, 0.2) is 6.29 Å². The monoisotopic (exact) mass is 338 g/mol. The van der Waals surface area contributed by atoms with Crippen LogP contribution in [0.3, 0.4) is 0 Å². The Morgan fingerprint density at radius 1 is 1.36 bits per heavy atom. The first-order valence-corrected chi connectivity index (χ1v) is 7.89. The number of hydrogen-bond donors (Lipinski definition) is 3. The summed E-state index contributed by atoms with van der Waals surface area (Å²) in [5.74, 6) is 0. The summed E-state index contributed by atoms with van der Waals surface area (Å²) < 4.78 is 26.5. The fourth-order valence-electron chi connectivity index (χ4n) is 1.53. The number of aromatic amines is 1. The molecule has 1 aromatic heterocycles. The van der Waals surface area contributed by atoms with Crippen LogP contribution in [0.2, 0.25) is 0 Å². The maximum Gasteiger partial charge on any atom is 0.474 e. The fourth-order valence-corrected chi connectivity index (χ4v) is 2.28. The molecule has 2 unspecified atom stereocenters. The molecule has 0 aromatic carbocycles. The van der Waals surface area contributed by atoms with Gasteiger partial charge in [0.1, 0.15) is 6.23 Å². The standard InChI is InChI=1S/C11H19N2O8P/c1-7-6-13(11(16)12-10(7)15)8(2)19-4-5-20-22(17,18)21-9(3)14/h6,8-9,14H,4-5H2,1-3H3,(H,17,18)(H,12,15,16)/t8-,9?/m1/s1. The third-order valence-electron chi connectivity index (χ3n) is 2.52. The molecule has 0 aliphatic carbocycles. The van der Waals surface area contributed by atoms with E-state index in [1.54, 1.807) is 13.8 Å². The minimum Gasteiger partial charge on any atom is -0.368 e. The summed E-state index contributed by atoms with van der Waals surface area (Å²) in [5.41, 5.74) is -0.765. The molecule has 126 valence electrons. The first-order valence-electron chi connectivity index (χ1n) is 6.40. The van der Waals surface area contributed by atoms with E-state index in [9.17, 15) is 19.0 Å². The van der Waals surface area contributed by atoms with Gasteiger partial charge in [-0.25, -0.2) is 9.36 Å². The maximum absolute atomic E-state index is 11.6. The number of H-pyrrole nitrogens is 1. The number of nitrogens with zero attached hydrogens (tertiary/aromatic N) is 1. The summed E-state index contributed by atoms with van der Waals surface area (Å²) in [6, 6.07) is 0. The van der Waals surface area contributed by atoms with Crippen molar-refractivity contribution in [3.63, 3.8) is 0 Å². The predicted octanol–water partition coefficient (Wildman–Crippen LogP) is -0.148. The average Bonchev–Trinajstić information content (AvgIpc) is 2.37. The predicted molar refractivity (Wildman–Crippen MR) is 75.3 cm³/mol. The Bertz CT molecular complexity index is 652. The quantitative estimate of drug-likeness (QED) is 0.338. The van der Waals surface area contributed by atoms with E-state index in [-0.39, 0.29) is 13.2 Å². The number of aromatic nitrogens is 2. The van der Waals surface area contributed by atoms with Gasteiger partial charge in [-0.15, -0.1) is 0 Å². The highest BCUT2D eigenvalue weighted by Gasteiger charge is 2.23. The Labute approximate surface area is 125 Å². The second kappa shape index (κ2) is 7.82. The molecule has 0 aliphatic rings. The van der Waals surface area contributed by atoms with Gasteiger partial charge >= 0.3 is 13.5 Å². The van der Waals surface area contributed by atoms with E-state index >= 15 is 0 Å². The highest BCUT2D eigenvalue weighted by molar-refractivity contribution is 7.47. The smallest absolute Gasteiger partial charge is 0.368 e. The lowest BCUT2D eigenvalue weighted by Crippen LogP contribution is -2.33. The Balaban J connectivity index is 2.52. The van der Waals surface area contributed by atoms with E-state index in [2.05, 4.69) is 14.0 Å². The molecule has 0 amide bonds. The number of rotatable bonds is 8. The lowest BCUT2D eigenvalue weighted by molar-refractivity contribution is -0.0400. The summed E-state index contributed by atoms with van der Waals surface area (Å²) in [7, 11) is -4.35. The first-order chi connectivity index (χ1) is 10.1. The highest BCUT2D eigenvalue weighted by atomic mass is 31.2. The molecule has 3 N–H and O–H groups in total. The van der Waals surface area contributed by atoms with E-state index < -0.39 is 31.6 Å². The molecular weight excluding hydrogens is 319 g/mol. The van der Waals surface area contributed by atoms with Crippen LogP contribution >= 0.6 is 7.82 Å². The number of hydrogen-bond acceptors (Lipinski definition) is 7. The lowest BCUT2D eigenvalue weighted by Gasteiger charge is -2.17. The largest absolute Gasteiger partial charge is 0.474 e. The van der Waals surface area contributed by atoms with Crippen LogP contribution in [-0.2, 0) is 18.3 Å². The third-order valence-corrected chi connectivity index (χ3v) is 3.60. The molecule has 3 atom stereocenters. The number of aliphatic hydroxyl groups is 1. The van der Waals surface area contributed by atoms with Gasteiger partial charge in [-0.05, 0) is 20.8 Å². The van der Waals surface area contributed by atoms with E-state index in [0.717, 1.165) is 6.92 Å². The van der Waals surface area contributed by atoms with Crippen LogP contribution in [0.4, 0.5) is 0 Å². The van der Waals surface area contributed by atoms with Gasteiger partial charge in [0, 0.05) is 11.8 Å². The van der Waals surface area contributed by atoms with Gasteiger partial charge in [0.05, 0.1) is 13.2 Å². The third kappa shape index (κ3) is 5.84. The van der Waals surface area contributed by atoms with Crippen molar-refractivity contribution in [2.75, 3.05) is 13.2 Å². The second-order valence-corrected chi connectivity index (χ2v) is 5.86. The van der Waals surface area contributed by atoms with Crippen LogP contribution in [0.25, 0.3) is 0 Å². The Morgan fingerprint density at radius 2 is 2.00 bits per heavy atom. The van der Waals surface area contributed by atoms with Gasteiger partial charge in [-0.2, -0.15) is 0 Å². The summed E-state index contributed by atoms with van der Waals surface area (Å²) in [6.07, 6.45) is -0.819. The molecule has 0 saturated heterocycles. The van der Waals surface area contributed by atoms with Crippen LogP contribution in [0.15, 0.2) is 15.8 Å². The van der Waals surface area contributed by atoms with Gasteiger partial charge in [-0.3, -0.25) is 23.4 Å². The van der Waals surface area contributed by atoms with Gasteiger partial charge < -0.3 is 14.7 Å². The fraction of sp³-hybridized carbons (Fsp3) is 0.636. The highest BCUT2D eigenvalue weighted by Crippen LogP contribution is 2.43. The topological polar surface area (TPSA) is 140 Å². The molecule has 0 bridgehead atoms. The van der Waals surface area contributed by atoms with E-state index in [1.807, 2.05) is 0 Å². The van der Waals surface area contributed by atoms with Crippen LogP contribution in [0, 0.1) is 6.92 Å². The average molecular weight is 338 g/mol. The molecule has 1 aromatic rings. The van der Waals surface area contributed by atoms with Crippen LogP contribution in [0.5, 0.6) is 0 Å². The molecule has 11 heteroatoms. The van der Waals surface area contributed by atoms with Crippen molar-refractivity contribution in [3.8, 4) is 0 Å². The van der Waals surface area contributed by atoms with E-state index in [0.29, 0.717) is 5.56 Å². The number of phosphoric acid groups is 1. The molecule has 0 saturated carbocycles. The Hall–Kier alpha value is -1.29. The summed E-state index contributed by atoms with van der Waals surface area (Å²) >= 11 is 0. The van der Waals surface area contributed by atoms with Crippen molar-refractivity contribution in [2.24, 2.45) is 0 Å². The number of nitrogens with one attached hydrogen (secondary N) is 1. The van der Waals surface area contributed by atoms with Crippen molar-refractivity contribution in [2.45, 2.75) is 33.3 Å². The number of aliphatic hydroxyl groups excluding tert-OH is 1. The molecule has 0 radical (unpaired) electrons. The van der Waals surface area contributed by atoms with Crippen molar-refractivity contribution in [3.05, 3.63) is 32.6 Å². The zero-order valence-corrected chi connectivity index (χ0v) is 13.3. The molecule has 22 heavy (non-hydrogen) atoms. The number of ether oxygens (including phenoxy) is 1. The first kappa shape index (κ1) is 18.8. The van der Waals surface area contributed by atoms with Crippen LogP contribution < -0.4 is 11.2 Å². The zero-order valence-electron chi connectivity index (χ0n) is 12.4. The van der Waals surface area contributed by atoms with Crippen molar-refractivity contribution in [1.82, 2.24) is 9.55 Å². The van der Waals surface area contributed by atoms with Crippen molar-refractivity contribution in [1.29, 1.82) is 0 Å². The van der Waals surface area contributed by atoms with E-state index in [1.165, 1.54) is 10.8 Å². The van der Waals surface area contributed by atoms with Crippen LogP contribution in [0.1, 0.15) is 25.6 Å². The van der Waals surface area contributed by atoms with Crippen LogP contribution in [-0.4, -0.2) is 39.1 Å². The molecule has 0 spiro atoms. The normalized spacial score (nSPS) is 17.0. The molecule has 1 heterocycles. The Morgan fingerprint density at radius 3 is 2.59 bits per heavy atom. The van der Waals surface area contributed by atoms with Gasteiger partial charge in [0.2, 0.25) is 0 Å². The van der Waals surface area contributed by atoms with Crippen molar-refractivity contribution < 1.29 is 28.3 Å². The van der Waals surface area contributed by atoms with Crippen molar-refractivity contribution >= 4 is 7.82 Å². The molecule has 0 fully saturated rings. The molecular formula is C11H19N2O8P. The minimum atomic E-state index is -4.35. The zero-order chi connectivity index (χ0) is 16.9. The molecule has 1 rings (SSSR count). The molecule has 0 aliphatic heterocycles. The number of phosphoric ester groups is 1. The second-order valence-electron chi connectivity index (χ2n) is 4.46. The minimum absolute atomic E-state index is 0.112. The summed E-state index contributed by atoms with van der Waals surface area (Å²) in [4.78, 5) is 34.2. The number of aryl methyl sites for hydroxylation is 1. The SMILES string of the molecule is Cc1cn([C@@H](C)OCCOP(=O)(O)OC(C)O)c(=O)[nH]c1=O. The Kier molecular flexibility index (Phi) is 6.66. The van der Waals surface area contributed by atoms with Gasteiger partial charge in [-0.1, -0.05) is 0 Å². The maximum atomic E-state index is 11.6. The van der Waals surface area contributed by atoms with E-state index in [4.69, 9.17) is 9.84 Å². The summed E-state index contributed by atoms with van der Waals surface area (Å²) in [6.45, 7) is 3.86.